The van der Waals surface area contributed by atoms with Gasteiger partial charge in [0.1, 0.15) is 5.65 Å². The number of nitrogens with one attached hydrogen (secondary N) is 2. The van der Waals surface area contributed by atoms with E-state index in [0.29, 0.717) is 27.9 Å². The van der Waals surface area contributed by atoms with Gasteiger partial charge in [-0.25, -0.2) is 23.1 Å². The third kappa shape index (κ3) is 2.96. The van der Waals surface area contributed by atoms with Crippen LogP contribution in [0.3, 0.4) is 0 Å². The number of pyridine rings is 1. The first-order chi connectivity index (χ1) is 12.3. The zero-order chi connectivity index (χ0) is 18.5. The van der Waals surface area contributed by atoms with Crippen molar-refractivity contribution < 1.29 is 13.2 Å². The molecule has 0 saturated heterocycles. The summed E-state index contributed by atoms with van der Waals surface area (Å²) in [6, 6.07) is 1.40. The highest BCUT2D eigenvalue weighted by molar-refractivity contribution is 5.93. The molecule has 4 heterocycles. The second-order valence-corrected chi connectivity index (χ2v) is 6.27. The van der Waals surface area contributed by atoms with Gasteiger partial charge in [-0.2, -0.15) is 4.98 Å². The number of halogens is 3. The number of aromatic amines is 1. The van der Waals surface area contributed by atoms with Crippen molar-refractivity contribution in [3.8, 4) is 11.1 Å². The molecule has 4 aromatic heterocycles. The third-order valence-electron chi connectivity index (χ3n) is 3.93. The molecule has 9 heteroatoms. The maximum absolute atomic E-state index is 14.3. The Morgan fingerprint density at radius 2 is 2.08 bits per heavy atom. The van der Waals surface area contributed by atoms with E-state index in [1.54, 1.807) is 29.9 Å². The van der Waals surface area contributed by atoms with E-state index in [2.05, 4.69) is 25.3 Å². The monoisotopic (exact) mass is 360 g/mol. The zero-order valence-corrected chi connectivity index (χ0v) is 14.0. The Hall–Kier alpha value is -3.10. The summed E-state index contributed by atoms with van der Waals surface area (Å²) in [4.78, 5) is 15.4. The van der Waals surface area contributed by atoms with Crippen molar-refractivity contribution in [3.63, 3.8) is 0 Å². The van der Waals surface area contributed by atoms with Crippen LogP contribution >= 0.6 is 0 Å². The Morgan fingerprint density at radius 3 is 2.85 bits per heavy atom. The molecular weight excluding hydrogens is 345 g/mol. The van der Waals surface area contributed by atoms with Gasteiger partial charge in [-0.1, -0.05) is 0 Å². The molecule has 4 rings (SSSR count). The van der Waals surface area contributed by atoms with E-state index in [0.717, 1.165) is 6.92 Å². The second kappa shape index (κ2) is 5.72. The van der Waals surface area contributed by atoms with Gasteiger partial charge in [0, 0.05) is 48.2 Å². The number of imidazole rings is 1. The van der Waals surface area contributed by atoms with Gasteiger partial charge in [0.2, 0.25) is 5.95 Å². The summed E-state index contributed by atoms with van der Waals surface area (Å²) >= 11 is 0. The van der Waals surface area contributed by atoms with E-state index >= 15 is 0 Å². The summed E-state index contributed by atoms with van der Waals surface area (Å²) in [5, 5.41) is 3.16. The lowest BCUT2D eigenvalue weighted by Gasteiger charge is -2.10. The second-order valence-electron chi connectivity index (χ2n) is 6.27. The van der Waals surface area contributed by atoms with Crippen molar-refractivity contribution >= 4 is 22.6 Å². The number of alkyl halides is 2. The molecule has 0 amide bonds. The van der Waals surface area contributed by atoms with Gasteiger partial charge in [0.15, 0.2) is 11.5 Å². The molecule has 0 unspecified atom stereocenters. The molecule has 0 radical (unpaired) electrons. The number of hydrogen-bond donors (Lipinski definition) is 2. The summed E-state index contributed by atoms with van der Waals surface area (Å²) in [6.07, 6.45) is 6.71. The number of aryl methyl sites for hydroxylation is 1. The van der Waals surface area contributed by atoms with Crippen molar-refractivity contribution in [3.05, 3.63) is 42.4 Å². The minimum atomic E-state index is -2.87. The smallest absolute Gasteiger partial charge is 0.262 e. The van der Waals surface area contributed by atoms with Crippen molar-refractivity contribution in [1.29, 1.82) is 0 Å². The van der Waals surface area contributed by atoms with Crippen LogP contribution in [-0.2, 0) is 0 Å². The first-order valence-corrected chi connectivity index (χ1v) is 7.91. The van der Waals surface area contributed by atoms with E-state index in [4.69, 9.17) is 0 Å². The normalized spacial score (nSPS) is 12.2. The molecule has 0 spiro atoms. The Kier molecular flexibility index (Phi) is 3.60. The molecule has 0 aliphatic heterocycles. The van der Waals surface area contributed by atoms with E-state index < -0.39 is 18.3 Å². The third-order valence-corrected chi connectivity index (χ3v) is 3.93. The lowest BCUT2D eigenvalue weighted by atomic mass is 10.1. The molecule has 0 aromatic carbocycles. The van der Waals surface area contributed by atoms with Gasteiger partial charge in [0.25, 0.3) is 5.92 Å². The molecule has 0 aliphatic carbocycles. The Morgan fingerprint density at radius 1 is 1.27 bits per heavy atom. The van der Waals surface area contributed by atoms with Crippen molar-refractivity contribution in [2.24, 2.45) is 0 Å². The molecule has 0 bridgehead atoms. The average molecular weight is 360 g/mol. The summed E-state index contributed by atoms with van der Waals surface area (Å²) in [5.74, 6) is -3.21. The standard InChI is InChI=1S/C17H15F3N6/c1-9-6-26-7-10(3-13(18)15(26)24-9)11-4-21-14-12(11)5-22-16(25-14)23-8-17(2,19)20/h3-7H,8H2,1-2H3,(H2,21,22,23,25). The summed E-state index contributed by atoms with van der Waals surface area (Å²) < 4.78 is 41.8. The maximum Gasteiger partial charge on any atom is 0.262 e. The minimum absolute atomic E-state index is 0.0966. The van der Waals surface area contributed by atoms with Crippen LogP contribution in [0.5, 0.6) is 0 Å². The molecule has 134 valence electrons. The highest BCUT2D eigenvalue weighted by Gasteiger charge is 2.21. The Bertz CT molecular complexity index is 1110. The lowest BCUT2D eigenvalue weighted by Crippen LogP contribution is -2.23. The number of fused-ring (bicyclic) bond motifs is 2. The van der Waals surface area contributed by atoms with Crippen LogP contribution in [0, 0.1) is 12.7 Å². The molecule has 0 saturated carbocycles. The molecule has 0 aliphatic rings. The van der Waals surface area contributed by atoms with Crippen molar-refractivity contribution in [2.75, 3.05) is 11.9 Å². The van der Waals surface area contributed by atoms with Gasteiger partial charge in [-0.05, 0) is 13.0 Å². The first kappa shape index (κ1) is 16.4. The highest BCUT2D eigenvalue weighted by Crippen LogP contribution is 2.29. The van der Waals surface area contributed by atoms with Gasteiger partial charge >= 0.3 is 0 Å². The first-order valence-electron chi connectivity index (χ1n) is 7.91. The molecule has 2 N–H and O–H groups in total. The van der Waals surface area contributed by atoms with E-state index in [1.165, 1.54) is 12.3 Å². The molecule has 0 fully saturated rings. The Labute approximate surface area is 146 Å². The molecular formula is C17H15F3N6. The number of hydrogen-bond acceptors (Lipinski definition) is 4. The number of anilines is 1. The van der Waals surface area contributed by atoms with Crippen LogP contribution in [0.15, 0.2) is 30.9 Å². The van der Waals surface area contributed by atoms with Crippen LogP contribution in [0.1, 0.15) is 12.6 Å². The number of nitrogens with zero attached hydrogens (tertiary/aromatic N) is 4. The predicted molar refractivity (Wildman–Crippen MR) is 91.9 cm³/mol. The number of aromatic nitrogens is 5. The van der Waals surface area contributed by atoms with Crippen LogP contribution in [0.2, 0.25) is 0 Å². The highest BCUT2D eigenvalue weighted by atomic mass is 19.3. The fraction of sp³-hybridized carbons (Fsp3) is 0.235. The quantitative estimate of drug-likeness (QED) is 0.581. The van der Waals surface area contributed by atoms with Crippen molar-refractivity contribution in [2.45, 2.75) is 19.8 Å². The summed E-state index contributed by atoms with van der Waals surface area (Å²) in [7, 11) is 0. The minimum Gasteiger partial charge on any atom is -0.348 e. The molecule has 26 heavy (non-hydrogen) atoms. The molecule has 4 aromatic rings. The number of H-pyrrole nitrogens is 1. The SMILES string of the molecule is Cc1cn2cc(-c3c[nH]c4nc(NCC(C)(F)F)ncc34)cc(F)c2n1. The lowest BCUT2D eigenvalue weighted by molar-refractivity contribution is 0.0366. The van der Waals surface area contributed by atoms with Crippen LogP contribution in [-0.4, -0.2) is 36.8 Å². The largest absolute Gasteiger partial charge is 0.348 e. The molecule has 0 atom stereocenters. The summed E-state index contributed by atoms with van der Waals surface area (Å²) in [6.45, 7) is 2.04. The average Bonchev–Trinajstić information content (AvgIpc) is 3.14. The van der Waals surface area contributed by atoms with E-state index in [9.17, 15) is 13.2 Å². The molecule has 6 nitrogen and oxygen atoms in total. The predicted octanol–water partition coefficient (Wildman–Crippen LogP) is 3.79. The maximum atomic E-state index is 14.3. The fourth-order valence-corrected chi connectivity index (χ4v) is 2.79. The van der Waals surface area contributed by atoms with Gasteiger partial charge in [-0.3, -0.25) is 0 Å². The fourth-order valence-electron chi connectivity index (χ4n) is 2.79. The van der Waals surface area contributed by atoms with E-state index in [-0.39, 0.29) is 11.6 Å². The number of rotatable bonds is 4. The Balaban J connectivity index is 1.73. The topological polar surface area (TPSA) is 70.9 Å². The van der Waals surface area contributed by atoms with Crippen LogP contribution < -0.4 is 5.32 Å². The van der Waals surface area contributed by atoms with Crippen LogP contribution in [0.4, 0.5) is 19.1 Å². The van der Waals surface area contributed by atoms with Crippen LogP contribution in [0.25, 0.3) is 27.8 Å². The summed E-state index contributed by atoms with van der Waals surface area (Å²) in [5.41, 5.74) is 2.78. The van der Waals surface area contributed by atoms with Gasteiger partial charge in [-0.15, -0.1) is 0 Å². The van der Waals surface area contributed by atoms with E-state index in [1.807, 2.05) is 0 Å². The van der Waals surface area contributed by atoms with Gasteiger partial charge < -0.3 is 14.7 Å². The zero-order valence-electron chi connectivity index (χ0n) is 14.0. The van der Waals surface area contributed by atoms with Crippen molar-refractivity contribution in [1.82, 2.24) is 24.3 Å². The van der Waals surface area contributed by atoms with Gasteiger partial charge in [0.05, 0.1) is 12.2 Å².